The Morgan fingerprint density at radius 1 is 1.67 bits per heavy atom. The van der Waals surface area contributed by atoms with Gasteiger partial charge in [0.15, 0.2) is 0 Å². The van der Waals surface area contributed by atoms with Crippen LogP contribution in [0.3, 0.4) is 0 Å². The minimum absolute atomic E-state index is 0.0884. The van der Waals surface area contributed by atoms with E-state index in [1.54, 1.807) is 0 Å². The van der Waals surface area contributed by atoms with E-state index in [0.29, 0.717) is 0 Å². The maximum Gasteiger partial charge on any atom is 0.240 e. The third-order valence-electron chi connectivity index (χ3n) is 3.04. The van der Waals surface area contributed by atoms with E-state index >= 15 is 0 Å². The second kappa shape index (κ2) is 5.47. The lowest BCUT2D eigenvalue weighted by atomic mass is 9.98. The highest BCUT2D eigenvalue weighted by atomic mass is 16.3. The van der Waals surface area contributed by atoms with Crippen LogP contribution in [0.2, 0.25) is 0 Å². The predicted octanol–water partition coefficient (Wildman–Crippen LogP) is 0.406. The molecular formula is C11H22N2O2. The van der Waals surface area contributed by atoms with Crippen molar-refractivity contribution >= 4 is 5.91 Å². The van der Waals surface area contributed by atoms with Gasteiger partial charge in [0.25, 0.3) is 0 Å². The van der Waals surface area contributed by atoms with Gasteiger partial charge in [0.1, 0.15) is 0 Å². The lowest BCUT2D eigenvalue weighted by molar-refractivity contribution is -0.127. The number of aliphatic hydroxyl groups is 1. The minimum atomic E-state index is -0.381. The molecule has 1 aliphatic rings. The summed E-state index contributed by atoms with van der Waals surface area (Å²) in [4.78, 5) is 11.9. The molecule has 88 valence electrons. The van der Waals surface area contributed by atoms with Gasteiger partial charge in [-0.15, -0.1) is 0 Å². The molecule has 1 amide bonds. The molecule has 0 aliphatic carbocycles. The zero-order chi connectivity index (χ0) is 11.3. The van der Waals surface area contributed by atoms with Gasteiger partial charge in [-0.2, -0.15) is 0 Å². The van der Waals surface area contributed by atoms with Crippen LogP contribution in [-0.4, -0.2) is 35.7 Å². The van der Waals surface area contributed by atoms with Crippen LogP contribution in [0.25, 0.3) is 0 Å². The monoisotopic (exact) mass is 214 g/mol. The highest BCUT2D eigenvalue weighted by molar-refractivity contribution is 5.86. The van der Waals surface area contributed by atoms with Crippen molar-refractivity contribution in [2.45, 2.75) is 51.1 Å². The Morgan fingerprint density at radius 2 is 2.40 bits per heavy atom. The maximum atomic E-state index is 11.9. The Kier molecular flexibility index (Phi) is 4.54. The van der Waals surface area contributed by atoms with Gasteiger partial charge in [-0.25, -0.2) is 0 Å². The van der Waals surface area contributed by atoms with Crippen molar-refractivity contribution in [3.8, 4) is 0 Å². The number of hydrogen-bond donors (Lipinski definition) is 3. The summed E-state index contributed by atoms with van der Waals surface area (Å²) in [6.07, 6.45) is 3.55. The third kappa shape index (κ3) is 3.47. The molecule has 0 saturated carbocycles. The van der Waals surface area contributed by atoms with Crippen LogP contribution in [-0.2, 0) is 4.79 Å². The zero-order valence-electron chi connectivity index (χ0n) is 9.68. The van der Waals surface area contributed by atoms with Crippen LogP contribution < -0.4 is 10.6 Å². The molecule has 1 rings (SSSR count). The van der Waals surface area contributed by atoms with E-state index in [0.717, 1.165) is 32.2 Å². The van der Waals surface area contributed by atoms with E-state index in [1.807, 2.05) is 13.8 Å². The van der Waals surface area contributed by atoms with Gasteiger partial charge in [-0.3, -0.25) is 4.79 Å². The molecule has 0 aromatic heterocycles. The largest absolute Gasteiger partial charge is 0.396 e. The molecule has 0 radical (unpaired) electrons. The molecule has 0 aromatic carbocycles. The molecule has 3 N–H and O–H groups in total. The van der Waals surface area contributed by atoms with Gasteiger partial charge in [0, 0.05) is 12.6 Å². The highest BCUT2D eigenvalue weighted by Gasteiger charge is 2.36. The molecule has 0 spiro atoms. The molecule has 1 saturated heterocycles. The van der Waals surface area contributed by atoms with Crippen molar-refractivity contribution in [2.75, 3.05) is 13.2 Å². The number of nitrogens with one attached hydrogen (secondary N) is 2. The molecule has 1 aliphatic heterocycles. The quantitative estimate of drug-likeness (QED) is 0.621. The summed E-state index contributed by atoms with van der Waals surface area (Å²) in [5, 5.41) is 14.9. The average Bonchev–Trinajstić information content (AvgIpc) is 2.63. The van der Waals surface area contributed by atoms with E-state index in [-0.39, 0.29) is 24.1 Å². The zero-order valence-corrected chi connectivity index (χ0v) is 9.68. The first kappa shape index (κ1) is 12.5. The smallest absolute Gasteiger partial charge is 0.240 e. The fraction of sp³-hybridized carbons (Fsp3) is 0.909. The summed E-state index contributed by atoms with van der Waals surface area (Å²) in [6, 6.07) is 0.142. The molecule has 1 heterocycles. The number of aliphatic hydroxyl groups excluding tert-OH is 1. The lowest BCUT2D eigenvalue weighted by Crippen LogP contribution is -2.53. The van der Waals surface area contributed by atoms with Crippen LogP contribution in [0.4, 0.5) is 0 Å². The second-order valence-electron chi connectivity index (χ2n) is 4.60. The number of hydrogen-bond acceptors (Lipinski definition) is 3. The van der Waals surface area contributed by atoms with Gasteiger partial charge >= 0.3 is 0 Å². The number of rotatable bonds is 5. The molecule has 4 nitrogen and oxygen atoms in total. The summed E-state index contributed by atoms with van der Waals surface area (Å²) < 4.78 is 0. The van der Waals surface area contributed by atoms with Crippen molar-refractivity contribution in [3.05, 3.63) is 0 Å². The molecule has 15 heavy (non-hydrogen) atoms. The van der Waals surface area contributed by atoms with Crippen molar-refractivity contribution in [1.29, 1.82) is 0 Å². The lowest BCUT2D eigenvalue weighted by Gasteiger charge is -2.25. The summed E-state index contributed by atoms with van der Waals surface area (Å²) in [6.45, 7) is 5.05. The topological polar surface area (TPSA) is 61.4 Å². The van der Waals surface area contributed by atoms with Gasteiger partial charge in [0.05, 0.1) is 5.54 Å². The Balaban J connectivity index is 2.34. The van der Waals surface area contributed by atoms with E-state index in [2.05, 4.69) is 10.6 Å². The standard InChI is InChI=1S/C11H22N2O2/c1-9(5-3-8-14)13-10(15)11(2)6-4-7-12-11/h9,12,14H,3-8H2,1-2H3,(H,13,15). The molecule has 1 fully saturated rings. The van der Waals surface area contributed by atoms with Gasteiger partial charge in [-0.1, -0.05) is 0 Å². The molecule has 4 heteroatoms. The number of amides is 1. The predicted molar refractivity (Wildman–Crippen MR) is 59.6 cm³/mol. The van der Waals surface area contributed by atoms with Crippen molar-refractivity contribution in [3.63, 3.8) is 0 Å². The van der Waals surface area contributed by atoms with Crippen LogP contribution in [0.15, 0.2) is 0 Å². The SMILES string of the molecule is CC(CCCO)NC(=O)C1(C)CCCN1. The Morgan fingerprint density at radius 3 is 2.93 bits per heavy atom. The first-order valence-corrected chi connectivity index (χ1v) is 5.75. The van der Waals surface area contributed by atoms with E-state index in [4.69, 9.17) is 5.11 Å². The van der Waals surface area contributed by atoms with Crippen molar-refractivity contribution in [1.82, 2.24) is 10.6 Å². The van der Waals surface area contributed by atoms with Crippen LogP contribution >= 0.6 is 0 Å². The molecule has 0 aromatic rings. The van der Waals surface area contributed by atoms with Crippen LogP contribution in [0.5, 0.6) is 0 Å². The summed E-state index contributed by atoms with van der Waals surface area (Å²) >= 11 is 0. The fourth-order valence-electron chi connectivity index (χ4n) is 1.94. The first-order valence-electron chi connectivity index (χ1n) is 5.75. The fourth-order valence-corrected chi connectivity index (χ4v) is 1.94. The number of carbonyl (C=O) groups excluding carboxylic acids is 1. The molecule has 2 unspecified atom stereocenters. The normalized spacial score (nSPS) is 27.7. The van der Waals surface area contributed by atoms with E-state index in [9.17, 15) is 4.79 Å². The van der Waals surface area contributed by atoms with Crippen molar-refractivity contribution in [2.24, 2.45) is 0 Å². The van der Waals surface area contributed by atoms with E-state index < -0.39 is 0 Å². The molecule has 2 atom stereocenters. The van der Waals surface area contributed by atoms with Crippen LogP contribution in [0.1, 0.15) is 39.5 Å². The summed E-state index contributed by atoms with van der Waals surface area (Å²) in [5.41, 5.74) is -0.381. The summed E-state index contributed by atoms with van der Waals surface area (Å²) in [7, 11) is 0. The van der Waals surface area contributed by atoms with Crippen molar-refractivity contribution < 1.29 is 9.90 Å². The molecule has 0 bridgehead atoms. The second-order valence-corrected chi connectivity index (χ2v) is 4.60. The van der Waals surface area contributed by atoms with Gasteiger partial charge in [-0.05, 0) is 46.1 Å². The average molecular weight is 214 g/mol. The van der Waals surface area contributed by atoms with Crippen LogP contribution in [0, 0.1) is 0 Å². The van der Waals surface area contributed by atoms with Gasteiger partial charge < -0.3 is 15.7 Å². The van der Waals surface area contributed by atoms with E-state index in [1.165, 1.54) is 0 Å². The van der Waals surface area contributed by atoms with Gasteiger partial charge in [0.2, 0.25) is 5.91 Å². The Labute approximate surface area is 91.4 Å². The number of carbonyl (C=O) groups is 1. The minimum Gasteiger partial charge on any atom is -0.396 e. The first-order chi connectivity index (χ1) is 7.08. The highest BCUT2D eigenvalue weighted by Crippen LogP contribution is 2.18. The Hall–Kier alpha value is -0.610. The Bertz CT molecular complexity index is 213. The maximum absolute atomic E-state index is 11.9. The summed E-state index contributed by atoms with van der Waals surface area (Å²) in [5.74, 6) is 0.0884. The molecular weight excluding hydrogens is 192 g/mol. The third-order valence-corrected chi connectivity index (χ3v) is 3.04.